The maximum absolute atomic E-state index is 13.9. The minimum Gasteiger partial charge on any atom is -0.461 e. The van der Waals surface area contributed by atoms with Crippen LogP contribution in [0, 0.1) is 11.6 Å². The first-order valence-corrected chi connectivity index (χ1v) is 11.4. The Labute approximate surface area is 215 Å². The van der Waals surface area contributed by atoms with Crippen LogP contribution in [0.3, 0.4) is 0 Å². The minimum absolute atomic E-state index is 0.0220. The molecule has 0 unspecified atom stereocenters. The van der Waals surface area contributed by atoms with E-state index in [-0.39, 0.29) is 24.2 Å². The highest BCUT2D eigenvalue weighted by Gasteiger charge is 2.23. The summed E-state index contributed by atoms with van der Waals surface area (Å²) in [5.74, 6) is -2.02. The summed E-state index contributed by atoms with van der Waals surface area (Å²) in [6.45, 7) is 0.452. The summed E-state index contributed by atoms with van der Waals surface area (Å²) in [4.78, 5) is 8.97. The summed E-state index contributed by atoms with van der Waals surface area (Å²) in [7, 11) is 1.53. The summed E-state index contributed by atoms with van der Waals surface area (Å²) < 4.78 is 44.0. The van der Waals surface area contributed by atoms with Crippen molar-refractivity contribution in [3.8, 4) is 40.0 Å². The highest BCUT2D eigenvalue weighted by atomic mass is 35.5. The highest BCUT2D eigenvalue weighted by molar-refractivity contribution is 6.36. The molecule has 0 atom stereocenters. The number of aromatic nitrogens is 2. The van der Waals surface area contributed by atoms with Crippen molar-refractivity contribution in [1.82, 2.24) is 9.97 Å². The molecule has 0 aliphatic heterocycles. The lowest BCUT2D eigenvalue weighted by molar-refractivity contribution is 0.140. The third-order valence-corrected chi connectivity index (χ3v) is 5.60. The van der Waals surface area contributed by atoms with Crippen molar-refractivity contribution >= 4 is 34.8 Å². The summed E-state index contributed by atoms with van der Waals surface area (Å²) in [5.41, 5.74) is 1.95. The molecule has 0 bridgehead atoms. The number of halogens is 5. The maximum Gasteiger partial charge on any atom is 0.320 e. The Hall–Kier alpha value is -2.97. The molecule has 0 spiro atoms. The van der Waals surface area contributed by atoms with Gasteiger partial charge in [0.1, 0.15) is 12.4 Å². The van der Waals surface area contributed by atoms with Crippen LogP contribution in [0.1, 0.15) is 0 Å². The second kappa shape index (κ2) is 11.2. The molecule has 0 saturated carbocycles. The molecular weight excluding hydrogens is 521 g/mol. The van der Waals surface area contributed by atoms with Crippen LogP contribution < -0.4 is 9.47 Å². The normalized spacial score (nSPS) is 10.9. The first-order chi connectivity index (χ1) is 16.9. The van der Waals surface area contributed by atoms with Gasteiger partial charge < -0.3 is 14.2 Å². The lowest BCUT2D eigenvalue weighted by Gasteiger charge is -2.17. The van der Waals surface area contributed by atoms with Crippen molar-refractivity contribution in [1.29, 1.82) is 0 Å². The van der Waals surface area contributed by atoms with E-state index >= 15 is 0 Å². The summed E-state index contributed by atoms with van der Waals surface area (Å²) in [6.07, 6.45) is 0. The molecule has 0 radical (unpaired) electrons. The summed E-state index contributed by atoms with van der Waals surface area (Å²) in [5, 5.41) is 1.28. The van der Waals surface area contributed by atoms with Gasteiger partial charge >= 0.3 is 6.01 Å². The van der Waals surface area contributed by atoms with E-state index in [4.69, 9.17) is 49.0 Å². The van der Waals surface area contributed by atoms with Crippen LogP contribution in [0.4, 0.5) is 8.78 Å². The molecule has 10 heteroatoms. The average Bonchev–Trinajstić information content (AvgIpc) is 2.82. The predicted molar refractivity (Wildman–Crippen MR) is 132 cm³/mol. The van der Waals surface area contributed by atoms with Crippen LogP contribution in [0.5, 0.6) is 17.6 Å². The molecule has 4 rings (SSSR count). The van der Waals surface area contributed by atoms with Gasteiger partial charge in [-0.3, -0.25) is 0 Å². The van der Waals surface area contributed by atoms with Gasteiger partial charge in [0.25, 0.3) is 0 Å². The molecule has 0 N–H and O–H groups in total. The SMILES string of the molecule is COCCOc1nc(Oc2ccc(F)c(F)c2)c(-c2ccc(Cl)cc2)c(-c2ccc(Cl)cc2Cl)n1. The van der Waals surface area contributed by atoms with Crippen LogP contribution in [0.25, 0.3) is 22.4 Å². The quantitative estimate of drug-likeness (QED) is 0.214. The van der Waals surface area contributed by atoms with Crippen LogP contribution in [-0.2, 0) is 4.74 Å². The summed E-state index contributed by atoms with van der Waals surface area (Å²) >= 11 is 18.7. The Morgan fingerprint density at radius 2 is 1.54 bits per heavy atom. The van der Waals surface area contributed by atoms with Crippen molar-refractivity contribution < 1.29 is 23.0 Å². The standard InChI is InChI=1S/C25H17Cl3F2N2O3/c1-33-10-11-34-25-31-23(18-8-6-16(27)12-19(18)28)22(14-2-4-15(26)5-3-14)24(32-25)35-17-7-9-20(29)21(30)13-17/h2-9,12-13H,10-11H2,1H3. The Balaban J connectivity index is 1.95. The fraction of sp³-hybridized carbons (Fsp3) is 0.120. The first kappa shape index (κ1) is 25.1. The zero-order valence-electron chi connectivity index (χ0n) is 18.2. The Bertz CT molecular complexity index is 1350. The molecule has 180 valence electrons. The maximum atomic E-state index is 13.9. The Morgan fingerprint density at radius 3 is 2.23 bits per heavy atom. The molecule has 3 aromatic carbocycles. The van der Waals surface area contributed by atoms with Gasteiger partial charge in [0.15, 0.2) is 11.6 Å². The molecule has 4 aromatic rings. The zero-order chi connectivity index (χ0) is 24.9. The van der Waals surface area contributed by atoms with Gasteiger partial charge in [-0.1, -0.05) is 46.9 Å². The molecular formula is C25H17Cl3F2N2O3. The first-order valence-electron chi connectivity index (χ1n) is 10.2. The van der Waals surface area contributed by atoms with E-state index in [1.165, 1.54) is 13.2 Å². The second-order valence-electron chi connectivity index (χ2n) is 7.19. The molecule has 0 aliphatic rings. The molecule has 0 amide bonds. The number of benzene rings is 3. The molecule has 1 heterocycles. The fourth-order valence-electron chi connectivity index (χ4n) is 3.18. The van der Waals surface area contributed by atoms with E-state index in [9.17, 15) is 8.78 Å². The van der Waals surface area contributed by atoms with Crippen LogP contribution in [0.2, 0.25) is 15.1 Å². The largest absolute Gasteiger partial charge is 0.461 e. The van der Waals surface area contributed by atoms with E-state index in [1.54, 1.807) is 42.5 Å². The van der Waals surface area contributed by atoms with Crippen molar-refractivity contribution in [2.24, 2.45) is 0 Å². The Kier molecular flexibility index (Phi) is 8.03. The molecule has 35 heavy (non-hydrogen) atoms. The van der Waals surface area contributed by atoms with Crippen molar-refractivity contribution in [3.63, 3.8) is 0 Å². The number of hydrogen-bond donors (Lipinski definition) is 0. The molecule has 0 saturated heterocycles. The van der Waals surface area contributed by atoms with Gasteiger partial charge in [-0.15, -0.1) is 0 Å². The smallest absolute Gasteiger partial charge is 0.320 e. The van der Waals surface area contributed by atoms with Gasteiger partial charge in [0, 0.05) is 28.8 Å². The van der Waals surface area contributed by atoms with Crippen molar-refractivity contribution in [3.05, 3.63) is 87.4 Å². The third-order valence-electron chi connectivity index (χ3n) is 4.80. The Morgan fingerprint density at radius 1 is 0.800 bits per heavy atom. The number of methoxy groups -OCH3 is 1. The number of nitrogens with zero attached hydrogens (tertiary/aromatic N) is 2. The number of hydrogen-bond acceptors (Lipinski definition) is 5. The third kappa shape index (κ3) is 6.00. The lowest BCUT2D eigenvalue weighted by atomic mass is 10.00. The molecule has 5 nitrogen and oxygen atoms in total. The van der Waals surface area contributed by atoms with Gasteiger partial charge in [-0.25, -0.2) is 8.78 Å². The zero-order valence-corrected chi connectivity index (χ0v) is 20.5. The lowest BCUT2D eigenvalue weighted by Crippen LogP contribution is -2.09. The number of ether oxygens (including phenoxy) is 3. The second-order valence-corrected chi connectivity index (χ2v) is 8.47. The van der Waals surface area contributed by atoms with Gasteiger partial charge in [-0.05, 0) is 48.0 Å². The highest BCUT2D eigenvalue weighted by Crippen LogP contribution is 2.43. The number of rotatable bonds is 8. The molecule has 0 fully saturated rings. The average molecular weight is 538 g/mol. The van der Waals surface area contributed by atoms with E-state index < -0.39 is 11.6 Å². The predicted octanol–water partition coefficient (Wildman–Crippen LogP) is 7.87. The molecule has 1 aromatic heterocycles. The monoisotopic (exact) mass is 536 g/mol. The van der Waals surface area contributed by atoms with Gasteiger partial charge in [-0.2, -0.15) is 9.97 Å². The molecule has 0 aliphatic carbocycles. The van der Waals surface area contributed by atoms with E-state index in [0.29, 0.717) is 44.1 Å². The van der Waals surface area contributed by atoms with Crippen molar-refractivity contribution in [2.75, 3.05) is 20.3 Å². The van der Waals surface area contributed by atoms with Crippen LogP contribution in [0.15, 0.2) is 60.7 Å². The van der Waals surface area contributed by atoms with E-state index in [2.05, 4.69) is 9.97 Å². The summed E-state index contributed by atoms with van der Waals surface area (Å²) in [6, 6.07) is 15.0. The fourth-order valence-corrected chi connectivity index (χ4v) is 3.80. The minimum atomic E-state index is -1.07. The van der Waals surface area contributed by atoms with Gasteiger partial charge in [0.2, 0.25) is 5.88 Å². The van der Waals surface area contributed by atoms with Crippen LogP contribution in [-0.4, -0.2) is 30.3 Å². The van der Waals surface area contributed by atoms with Crippen LogP contribution >= 0.6 is 34.8 Å². The topological polar surface area (TPSA) is 53.5 Å². The van der Waals surface area contributed by atoms with E-state index in [1.807, 2.05) is 0 Å². The van der Waals surface area contributed by atoms with E-state index in [0.717, 1.165) is 12.1 Å². The van der Waals surface area contributed by atoms with Crippen molar-refractivity contribution in [2.45, 2.75) is 0 Å². The van der Waals surface area contributed by atoms with Gasteiger partial charge in [0.05, 0.1) is 22.9 Å².